The molecule has 1 aromatic carbocycles. The van der Waals surface area contributed by atoms with Crippen molar-refractivity contribution in [2.24, 2.45) is 5.41 Å². The average molecular weight is 348 g/mol. The first-order valence-corrected chi connectivity index (χ1v) is 9.11. The molecule has 134 valence electrons. The fourth-order valence-corrected chi connectivity index (χ4v) is 3.51. The van der Waals surface area contributed by atoms with Gasteiger partial charge in [0.2, 0.25) is 0 Å². The SMILES string of the molecule is Cc1cc(C(=O)NCC2(Cn3cccn3)CC2)c2ccc(C)c(C)c2n1. The second-order valence-electron chi connectivity index (χ2n) is 7.60. The number of hydrogen-bond donors (Lipinski definition) is 1. The summed E-state index contributed by atoms with van der Waals surface area (Å²) < 4.78 is 1.96. The van der Waals surface area contributed by atoms with E-state index in [0.717, 1.165) is 41.5 Å². The molecule has 1 saturated carbocycles. The summed E-state index contributed by atoms with van der Waals surface area (Å²) in [6.07, 6.45) is 6.03. The minimum Gasteiger partial charge on any atom is -0.351 e. The third kappa shape index (κ3) is 3.09. The molecule has 1 N–H and O–H groups in total. The molecule has 4 rings (SSSR count). The van der Waals surface area contributed by atoms with Gasteiger partial charge in [-0.3, -0.25) is 14.5 Å². The van der Waals surface area contributed by atoms with E-state index in [1.807, 2.05) is 36.0 Å². The Balaban J connectivity index is 1.56. The van der Waals surface area contributed by atoms with Crippen molar-refractivity contribution >= 4 is 16.8 Å². The minimum absolute atomic E-state index is 0.0181. The van der Waals surface area contributed by atoms with Crippen LogP contribution in [0.15, 0.2) is 36.7 Å². The topological polar surface area (TPSA) is 59.8 Å². The highest BCUT2D eigenvalue weighted by Crippen LogP contribution is 2.46. The van der Waals surface area contributed by atoms with Crippen molar-refractivity contribution in [3.8, 4) is 0 Å². The molecule has 26 heavy (non-hydrogen) atoms. The van der Waals surface area contributed by atoms with Crippen LogP contribution in [0.3, 0.4) is 0 Å². The molecule has 0 atom stereocenters. The fraction of sp³-hybridized carbons (Fsp3) is 0.381. The number of pyridine rings is 1. The van der Waals surface area contributed by atoms with E-state index in [1.54, 1.807) is 6.20 Å². The molecule has 1 fully saturated rings. The molecule has 5 nitrogen and oxygen atoms in total. The van der Waals surface area contributed by atoms with E-state index in [-0.39, 0.29) is 11.3 Å². The maximum absolute atomic E-state index is 12.9. The van der Waals surface area contributed by atoms with Crippen LogP contribution in [0.1, 0.15) is 40.0 Å². The Morgan fingerprint density at radius 3 is 2.77 bits per heavy atom. The van der Waals surface area contributed by atoms with Gasteiger partial charge in [-0.1, -0.05) is 12.1 Å². The lowest BCUT2D eigenvalue weighted by molar-refractivity contribution is 0.0944. The molecular weight excluding hydrogens is 324 g/mol. The van der Waals surface area contributed by atoms with E-state index < -0.39 is 0 Å². The molecule has 0 spiro atoms. The summed E-state index contributed by atoms with van der Waals surface area (Å²) in [5.41, 5.74) is 4.98. The molecule has 5 heteroatoms. The van der Waals surface area contributed by atoms with E-state index in [4.69, 9.17) is 0 Å². The molecule has 0 unspecified atom stereocenters. The lowest BCUT2D eigenvalue weighted by atomic mass is 10.00. The molecule has 0 radical (unpaired) electrons. The lowest BCUT2D eigenvalue weighted by Gasteiger charge is -2.17. The standard InChI is InChI=1S/C21H24N4O/c1-14-5-6-17-18(11-15(2)24-19(17)16(14)3)20(26)22-12-21(7-8-21)13-25-10-4-9-23-25/h4-6,9-11H,7-8,12-13H2,1-3H3,(H,22,26). The third-order valence-corrected chi connectivity index (χ3v) is 5.52. The number of carbonyl (C=O) groups excluding carboxylic acids is 1. The van der Waals surface area contributed by atoms with E-state index in [9.17, 15) is 4.79 Å². The molecule has 0 aliphatic heterocycles. The van der Waals surface area contributed by atoms with Crippen LogP contribution in [0, 0.1) is 26.2 Å². The quantitative estimate of drug-likeness (QED) is 0.767. The first-order chi connectivity index (χ1) is 12.5. The van der Waals surface area contributed by atoms with E-state index >= 15 is 0 Å². The number of nitrogens with one attached hydrogen (secondary N) is 1. The molecular formula is C21H24N4O. The van der Waals surface area contributed by atoms with Crippen LogP contribution in [-0.4, -0.2) is 27.2 Å². The molecule has 1 amide bonds. The van der Waals surface area contributed by atoms with Crippen LogP contribution in [0.25, 0.3) is 10.9 Å². The van der Waals surface area contributed by atoms with Gasteiger partial charge in [-0.25, -0.2) is 0 Å². The third-order valence-electron chi connectivity index (χ3n) is 5.52. The van der Waals surface area contributed by atoms with Gasteiger partial charge >= 0.3 is 0 Å². The van der Waals surface area contributed by atoms with Gasteiger partial charge in [0.25, 0.3) is 5.91 Å². The number of fused-ring (bicyclic) bond motifs is 1. The Morgan fingerprint density at radius 2 is 2.08 bits per heavy atom. The molecule has 3 aromatic rings. The highest BCUT2D eigenvalue weighted by atomic mass is 16.1. The number of nitrogens with zero attached hydrogens (tertiary/aromatic N) is 3. The monoisotopic (exact) mass is 348 g/mol. The first kappa shape index (κ1) is 16.8. The van der Waals surface area contributed by atoms with E-state index in [2.05, 4.69) is 35.3 Å². The Bertz CT molecular complexity index is 971. The molecule has 2 heterocycles. The predicted molar refractivity (Wildman–Crippen MR) is 102 cm³/mol. The zero-order chi connectivity index (χ0) is 18.3. The minimum atomic E-state index is -0.0181. The highest BCUT2D eigenvalue weighted by molar-refractivity contribution is 6.07. The second kappa shape index (κ2) is 6.24. The Labute approximate surface area is 153 Å². The molecule has 1 aliphatic carbocycles. The summed E-state index contributed by atoms with van der Waals surface area (Å²) in [5.74, 6) is -0.0181. The van der Waals surface area contributed by atoms with Crippen LogP contribution in [0.2, 0.25) is 0 Å². The highest BCUT2D eigenvalue weighted by Gasteiger charge is 2.43. The van der Waals surface area contributed by atoms with Crippen molar-refractivity contribution in [1.82, 2.24) is 20.1 Å². The second-order valence-corrected chi connectivity index (χ2v) is 7.60. The Hall–Kier alpha value is -2.69. The van der Waals surface area contributed by atoms with E-state index in [1.165, 1.54) is 5.56 Å². The zero-order valence-corrected chi connectivity index (χ0v) is 15.5. The summed E-state index contributed by atoms with van der Waals surface area (Å²) >= 11 is 0. The first-order valence-electron chi connectivity index (χ1n) is 9.11. The van der Waals surface area contributed by atoms with Crippen molar-refractivity contribution < 1.29 is 4.79 Å². The van der Waals surface area contributed by atoms with Gasteiger partial charge in [0.05, 0.1) is 11.1 Å². The molecule has 0 saturated heterocycles. The molecule has 2 aromatic heterocycles. The predicted octanol–water partition coefficient (Wildman–Crippen LogP) is 3.57. The van der Waals surface area contributed by atoms with Crippen LogP contribution >= 0.6 is 0 Å². The summed E-state index contributed by atoms with van der Waals surface area (Å²) in [5, 5.41) is 8.38. The largest absolute Gasteiger partial charge is 0.351 e. The van der Waals surface area contributed by atoms with Crippen LogP contribution in [0.4, 0.5) is 0 Å². The number of hydrogen-bond acceptors (Lipinski definition) is 3. The van der Waals surface area contributed by atoms with Crippen LogP contribution in [0.5, 0.6) is 0 Å². The maximum Gasteiger partial charge on any atom is 0.252 e. The van der Waals surface area contributed by atoms with Crippen molar-refractivity contribution in [3.63, 3.8) is 0 Å². The smallest absolute Gasteiger partial charge is 0.252 e. The van der Waals surface area contributed by atoms with Gasteiger partial charge in [0.15, 0.2) is 0 Å². The van der Waals surface area contributed by atoms with Crippen molar-refractivity contribution in [3.05, 3.63) is 59.0 Å². The van der Waals surface area contributed by atoms with Gasteiger partial charge < -0.3 is 5.32 Å². The summed E-state index contributed by atoms with van der Waals surface area (Å²) in [4.78, 5) is 17.6. The number of amides is 1. The number of benzene rings is 1. The lowest BCUT2D eigenvalue weighted by Crippen LogP contribution is -2.32. The molecule has 1 aliphatic rings. The number of aromatic nitrogens is 3. The maximum atomic E-state index is 12.9. The van der Waals surface area contributed by atoms with Gasteiger partial charge in [-0.05, 0) is 56.9 Å². The van der Waals surface area contributed by atoms with Gasteiger partial charge in [-0.2, -0.15) is 5.10 Å². The molecule has 0 bridgehead atoms. The number of aryl methyl sites for hydroxylation is 3. The van der Waals surface area contributed by atoms with Crippen LogP contribution < -0.4 is 5.32 Å². The average Bonchev–Trinajstić information content (AvgIpc) is 3.19. The fourth-order valence-electron chi connectivity index (χ4n) is 3.51. The number of rotatable bonds is 5. The Morgan fingerprint density at radius 1 is 1.27 bits per heavy atom. The Kier molecular flexibility index (Phi) is 4.02. The summed E-state index contributed by atoms with van der Waals surface area (Å²) in [6, 6.07) is 7.89. The van der Waals surface area contributed by atoms with Gasteiger partial charge in [0.1, 0.15) is 0 Å². The van der Waals surface area contributed by atoms with Gasteiger partial charge in [-0.15, -0.1) is 0 Å². The summed E-state index contributed by atoms with van der Waals surface area (Å²) in [7, 11) is 0. The van der Waals surface area contributed by atoms with Crippen LogP contribution in [-0.2, 0) is 6.54 Å². The van der Waals surface area contributed by atoms with E-state index in [0.29, 0.717) is 12.1 Å². The zero-order valence-electron chi connectivity index (χ0n) is 15.5. The normalized spacial score (nSPS) is 15.2. The number of carbonyl (C=O) groups is 1. The summed E-state index contributed by atoms with van der Waals surface area (Å²) in [6.45, 7) is 7.62. The van der Waals surface area contributed by atoms with Gasteiger partial charge in [0, 0.05) is 42.0 Å². The van der Waals surface area contributed by atoms with Crippen molar-refractivity contribution in [2.45, 2.75) is 40.2 Å². The van der Waals surface area contributed by atoms with Crippen molar-refractivity contribution in [1.29, 1.82) is 0 Å². The van der Waals surface area contributed by atoms with Crippen molar-refractivity contribution in [2.75, 3.05) is 6.54 Å².